The van der Waals surface area contributed by atoms with E-state index in [1.807, 2.05) is 13.0 Å². The van der Waals surface area contributed by atoms with E-state index in [0.717, 1.165) is 16.9 Å². The predicted octanol–water partition coefficient (Wildman–Crippen LogP) is 4.36. The third-order valence-corrected chi connectivity index (χ3v) is 3.02. The fourth-order valence-electron chi connectivity index (χ4n) is 1.61. The quantitative estimate of drug-likeness (QED) is 0.709. The normalized spacial score (nSPS) is 12.8. The summed E-state index contributed by atoms with van der Waals surface area (Å²) in [7, 11) is 0. The van der Waals surface area contributed by atoms with Crippen LogP contribution in [0.1, 0.15) is 27.8 Å². The van der Waals surface area contributed by atoms with Crippen molar-refractivity contribution in [3.05, 3.63) is 58.8 Å². The van der Waals surface area contributed by atoms with Crippen LogP contribution in [0.4, 0.5) is 4.39 Å². The van der Waals surface area contributed by atoms with Gasteiger partial charge in [0, 0.05) is 5.56 Å². The number of hydrogen-bond donors (Lipinski definition) is 0. The van der Waals surface area contributed by atoms with Crippen LogP contribution in [0.5, 0.6) is 0 Å². The van der Waals surface area contributed by atoms with Gasteiger partial charge in [-0.05, 0) is 37.1 Å². The third kappa shape index (κ3) is 2.12. The summed E-state index contributed by atoms with van der Waals surface area (Å²) in [6.45, 7) is 3.59. The van der Waals surface area contributed by atoms with E-state index in [9.17, 15) is 4.39 Å². The van der Waals surface area contributed by atoms with Crippen molar-refractivity contribution < 1.29 is 8.81 Å². The minimum atomic E-state index is -0.295. The zero-order valence-corrected chi connectivity index (χ0v) is 9.88. The second-order valence-corrected chi connectivity index (χ2v) is 4.30. The van der Waals surface area contributed by atoms with Gasteiger partial charge in [-0.3, -0.25) is 0 Å². The van der Waals surface area contributed by atoms with Gasteiger partial charge in [-0.15, -0.1) is 11.6 Å². The molecule has 2 rings (SSSR count). The van der Waals surface area contributed by atoms with E-state index in [0.29, 0.717) is 5.56 Å². The summed E-state index contributed by atoms with van der Waals surface area (Å²) in [4.78, 5) is 0. The van der Waals surface area contributed by atoms with Crippen LogP contribution in [-0.4, -0.2) is 0 Å². The van der Waals surface area contributed by atoms with Gasteiger partial charge in [0.05, 0.1) is 11.6 Å². The lowest BCUT2D eigenvalue weighted by Crippen LogP contribution is -1.93. The molecule has 3 heteroatoms. The van der Waals surface area contributed by atoms with Crippen LogP contribution < -0.4 is 0 Å². The van der Waals surface area contributed by atoms with Crippen LogP contribution in [-0.2, 0) is 0 Å². The molecule has 0 spiro atoms. The second kappa shape index (κ2) is 4.30. The molecule has 1 aromatic carbocycles. The highest BCUT2D eigenvalue weighted by atomic mass is 35.5. The minimum Gasteiger partial charge on any atom is -0.469 e. The molecule has 0 radical (unpaired) electrons. The maximum atomic E-state index is 13.1. The lowest BCUT2D eigenvalue weighted by atomic mass is 10.0. The Bertz CT molecular complexity index is 504. The maximum Gasteiger partial charge on any atom is 0.126 e. The molecule has 84 valence electrons. The van der Waals surface area contributed by atoms with Crippen LogP contribution in [0.15, 0.2) is 34.9 Å². The van der Waals surface area contributed by atoms with Gasteiger partial charge in [0.1, 0.15) is 11.6 Å². The Morgan fingerprint density at radius 3 is 2.50 bits per heavy atom. The van der Waals surface area contributed by atoms with Crippen molar-refractivity contribution in [3.63, 3.8) is 0 Å². The van der Waals surface area contributed by atoms with Crippen LogP contribution in [0.3, 0.4) is 0 Å². The van der Waals surface area contributed by atoms with Gasteiger partial charge in [-0.2, -0.15) is 0 Å². The van der Waals surface area contributed by atoms with Gasteiger partial charge in [0.15, 0.2) is 0 Å². The average Bonchev–Trinajstić information content (AvgIpc) is 2.68. The number of aryl methyl sites for hydroxylation is 2. The van der Waals surface area contributed by atoms with E-state index in [1.54, 1.807) is 25.3 Å². The Kier molecular flexibility index (Phi) is 3.01. The Morgan fingerprint density at radius 1 is 1.19 bits per heavy atom. The fourth-order valence-corrected chi connectivity index (χ4v) is 1.86. The van der Waals surface area contributed by atoms with E-state index in [2.05, 4.69) is 0 Å². The summed E-state index contributed by atoms with van der Waals surface area (Å²) in [5, 5.41) is -0.295. The molecule has 0 amide bonds. The van der Waals surface area contributed by atoms with Crippen LogP contribution in [0.2, 0.25) is 0 Å². The zero-order valence-electron chi connectivity index (χ0n) is 9.13. The lowest BCUT2D eigenvalue weighted by Gasteiger charge is -2.08. The van der Waals surface area contributed by atoms with E-state index in [4.69, 9.17) is 16.0 Å². The molecular formula is C13H12ClFO. The van der Waals surface area contributed by atoms with E-state index in [1.165, 1.54) is 6.07 Å². The number of halogens is 2. The fraction of sp³-hybridized carbons (Fsp3) is 0.231. The molecule has 2 aromatic rings. The second-order valence-electron chi connectivity index (χ2n) is 3.86. The Balaban J connectivity index is 2.33. The molecule has 1 atom stereocenters. The van der Waals surface area contributed by atoms with Gasteiger partial charge < -0.3 is 4.42 Å². The lowest BCUT2D eigenvalue weighted by molar-refractivity contribution is 0.532. The summed E-state index contributed by atoms with van der Waals surface area (Å²) in [6.07, 6.45) is 1.63. The van der Waals surface area contributed by atoms with Gasteiger partial charge in [-0.25, -0.2) is 4.39 Å². The molecule has 0 aliphatic carbocycles. The predicted molar refractivity (Wildman–Crippen MR) is 62.3 cm³/mol. The number of furan rings is 1. The zero-order chi connectivity index (χ0) is 11.7. The van der Waals surface area contributed by atoms with E-state index < -0.39 is 0 Å². The van der Waals surface area contributed by atoms with Gasteiger partial charge in [-0.1, -0.05) is 12.1 Å². The van der Waals surface area contributed by atoms with E-state index >= 15 is 0 Å². The first-order valence-corrected chi connectivity index (χ1v) is 5.46. The summed E-state index contributed by atoms with van der Waals surface area (Å²) in [6, 6.07) is 6.78. The van der Waals surface area contributed by atoms with E-state index in [-0.39, 0.29) is 11.2 Å². The largest absolute Gasteiger partial charge is 0.469 e. The first-order valence-electron chi connectivity index (χ1n) is 5.03. The number of hydrogen-bond acceptors (Lipinski definition) is 1. The van der Waals surface area contributed by atoms with Gasteiger partial charge in [0.25, 0.3) is 0 Å². The highest BCUT2D eigenvalue weighted by molar-refractivity contribution is 6.22. The van der Waals surface area contributed by atoms with Crippen molar-refractivity contribution in [3.8, 4) is 0 Å². The first-order chi connectivity index (χ1) is 7.58. The summed E-state index contributed by atoms with van der Waals surface area (Å²) < 4.78 is 18.3. The van der Waals surface area contributed by atoms with Crippen molar-refractivity contribution in [1.82, 2.24) is 0 Å². The SMILES string of the molecule is Cc1cc(C(Cl)c2ccc(F)c(C)c2)co1. The molecule has 0 N–H and O–H groups in total. The maximum absolute atomic E-state index is 13.1. The summed E-state index contributed by atoms with van der Waals surface area (Å²) >= 11 is 6.29. The number of alkyl halides is 1. The van der Waals surface area contributed by atoms with Crippen molar-refractivity contribution in [1.29, 1.82) is 0 Å². The molecule has 1 unspecified atom stereocenters. The van der Waals surface area contributed by atoms with Gasteiger partial charge >= 0.3 is 0 Å². The molecule has 0 aliphatic heterocycles. The van der Waals surface area contributed by atoms with Crippen LogP contribution in [0.25, 0.3) is 0 Å². The molecule has 1 aromatic heterocycles. The van der Waals surface area contributed by atoms with Crippen LogP contribution in [0, 0.1) is 19.7 Å². The molecule has 0 aliphatic rings. The molecular weight excluding hydrogens is 227 g/mol. The van der Waals surface area contributed by atoms with Crippen molar-refractivity contribution >= 4 is 11.6 Å². The highest BCUT2D eigenvalue weighted by Crippen LogP contribution is 2.30. The standard InChI is InChI=1S/C13H12ClFO/c1-8-5-10(3-4-12(8)15)13(14)11-6-9(2)16-7-11/h3-7,13H,1-2H3. The molecule has 0 saturated carbocycles. The highest BCUT2D eigenvalue weighted by Gasteiger charge is 2.13. The Hall–Kier alpha value is -1.28. The van der Waals surface area contributed by atoms with Gasteiger partial charge in [0.2, 0.25) is 0 Å². The van der Waals surface area contributed by atoms with Crippen molar-refractivity contribution in [2.45, 2.75) is 19.2 Å². The number of rotatable bonds is 2. The monoisotopic (exact) mass is 238 g/mol. The molecule has 16 heavy (non-hydrogen) atoms. The molecule has 1 nitrogen and oxygen atoms in total. The molecule has 1 heterocycles. The third-order valence-electron chi connectivity index (χ3n) is 2.52. The first kappa shape index (κ1) is 11.2. The molecule has 0 saturated heterocycles. The number of benzene rings is 1. The topological polar surface area (TPSA) is 13.1 Å². The van der Waals surface area contributed by atoms with Crippen molar-refractivity contribution in [2.75, 3.05) is 0 Å². The van der Waals surface area contributed by atoms with Crippen LogP contribution >= 0.6 is 11.6 Å². The minimum absolute atomic E-state index is 0.212. The molecule has 0 fully saturated rings. The summed E-state index contributed by atoms with van der Waals surface area (Å²) in [5.41, 5.74) is 2.37. The Labute approximate surface area is 98.8 Å². The summed E-state index contributed by atoms with van der Waals surface area (Å²) in [5.74, 6) is 0.607. The smallest absolute Gasteiger partial charge is 0.126 e. The average molecular weight is 239 g/mol. The Morgan fingerprint density at radius 2 is 1.94 bits per heavy atom. The molecule has 0 bridgehead atoms. The van der Waals surface area contributed by atoms with Crippen molar-refractivity contribution in [2.24, 2.45) is 0 Å².